The lowest BCUT2D eigenvalue weighted by atomic mass is 9.88. The molecule has 2 heterocycles. The first-order chi connectivity index (χ1) is 11.1. The minimum Gasteiger partial charge on any atom is -0.478 e. The van der Waals surface area contributed by atoms with Crippen LogP contribution in [0.4, 0.5) is 5.95 Å². The molecular formula is C17H16N4O2. The predicted octanol–water partition coefficient (Wildman–Crippen LogP) is 2.56. The van der Waals surface area contributed by atoms with E-state index in [-0.39, 0.29) is 11.5 Å². The minimum absolute atomic E-state index is 0.129. The number of hydrogen-bond acceptors (Lipinski definition) is 4. The van der Waals surface area contributed by atoms with Crippen LogP contribution in [-0.2, 0) is 12.8 Å². The molecule has 0 bridgehead atoms. The molecule has 23 heavy (non-hydrogen) atoms. The third-order valence-electron chi connectivity index (χ3n) is 4.38. The molecule has 3 aromatic rings. The van der Waals surface area contributed by atoms with Crippen LogP contribution in [0.25, 0.3) is 16.8 Å². The number of anilines is 1. The summed E-state index contributed by atoms with van der Waals surface area (Å²) in [4.78, 5) is 15.7. The fourth-order valence-electron chi connectivity index (χ4n) is 3.25. The average molecular weight is 308 g/mol. The van der Waals surface area contributed by atoms with Crippen molar-refractivity contribution in [2.24, 2.45) is 0 Å². The van der Waals surface area contributed by atoms with Gasteiger partial charge in [0.25, 0.3) is 0 Å². The summed E-state index contributed by atoms with van der Waals surface area (Å²) in [5, 5.41) is 13.6. The zero-order chi connectivity index (χ0) is 16.0. The second kappa shape index (κ2) is 5.08. The van der Waals surface area contributed by atoms with E-state index in [2.05, 4.69) is 22.2 Å². The van der Waals surface area contributed by atoms with Gasteiger partial charge in [-0.1, -0.05) is 18.2 Å². The summed E-state index contributed by atoms with van der Waals surface area (Å²) >= 11 is 0. The highest BCUT2D eigenvalue weighted by Crippen LogP contribution is 2.30. The van der Waals surface area contributed by atoms with Crippen LogP contribution in [0.15, 0.2) is 30.5 Å². The third-order valence-corrected chi connectivity index (χ3v) is 4.38. The average Bonchev–Trinajstić information content (AvgIpc) is 2.92. The number of carbonyl (C=O) groups is 1. The van der Waals surface area contributed by atoms with E-state index < -0.39 is 5.97 Å². The quantitative estimate of drug-likeness (QED) is 0.759. The van der Waals surface area contributed by atoms with Gasteiger partial charge < -0.3 is 10.8 Å². The van der Waals surface area contributed by atoms with Crippen molar-refractivity contribution in [3.05, 3.63) is 47.2 Å². The molecule has 3 N–H and O–H groups in total. The van der Waals surface area contributed by atoms with E-state index >= 15 is 0 Å². The zero-order valence-corrected chi connectivity index (χ0v) is 12.5. The number of carboxylic acids is 1. The largest absolute Gasteiger partial charge is 0.478 e. The molecule has 1 aromatic carbocycles. The van der Waals surface area contributed by atoms with Gasteiger partial charge in [0.15, 0.2) is 5.65 Å². The number of pyridine rings is 1. The Morgan fingerprint density at radius 1 is 1.17 bits per heavy atom. The van der Waals surface area contributed by atoms with Gasteiger partial charge >= 0.3 is 5.97 Å². The molecule has 0 spiro atoms. The number of hydrogen-bond donors (Lipinski definition) is 2. The van der Waals surface area contributed by atoms with Crippen LogP contribution in [0.2, 0.25) is 0 Å². The second-order valence-electron chi connectivity index (χ2n) is 5.87. The lowest BCUT2D eigenvalue weighted by molar-refractivity contribution is 0.0697. The number of nitrogens with two attached hydrogens (primary N) is 1. The Morgan fingerprint density at radius 3 is 2.74 bits per heavy atom. The number of nitrogen functional groups attached to an aromatic ring is 1. The van der Waals surface area contributed by atoms with Crippen molar-refractivity contribution in [1.29, 1.82) is 0 Å². The van der Waals surface area contributed by atoms with E-state index in [1.807, 2.05) is 6.07 Å². The van der Waals surface area contributed by atoms with Crippen LogP contribution in [0.3, 0.4) is 0 Å². The van der Waals surface area contributed by atoms with E-state index in [1.165, 1.54) is 34.6 Å². The number of rotatable bonds is 2. The van der Waals surface area contributed by atoms with Gasteiger partial charge in [0, 0.05) is 11.8 Å². The second-order valence-corrected chi connectivity index (χ2v) is 5.87. The van der Waals surface area contributed by atoms with Gasteiger partial charge in [0.2, 0.25) is 5.95 Å². The topological polar surface area (TPSA) is 93.5 Å². The van der Waals surface area contributed by atoms with E-state index in [0.29, 0.717) is 11.2 Å². The SMILES string of the molecule is Nc1nc2cc(C(=O)O)c(-c3ccc4c(c3)CCCC4)cn2n1. The molecule has 0 atom stereocenters. The highest BCUT2D eigenvalue weighted by molar-refractivity contribution is 5.97. The van der Waals surface area contributed by atoms with Crippen LogP contribution < -0.4 is 5.73 Å². The van der Waals surface area contributed by atoms with Crippen LogP contribution in [0.1, 0.15) is 34.3 Å². The lowest BCUT2D eigenvalue weighted by Gasteiger charge is -2.17. The fraction of sp³-hybridized carbons (Fsp3) is 0.235. The van der Waals surface area contributed by atoms with E-state index in [1.54, 1.807) is 6.20 Å². The van der Waals surface area contributed by atoms with Crippen molar-refractivity contribution >= 4 is 17.6 Å². The normalized spacial score (nSPS) is 13.9. The van der Waals surface area contributed by atoms with Crippen LogP contribution >= 0.6 is 0 Å². The Labute approximate surface area is 132 Å². The van der Waals surface area contributed by atoms with Crippen molar-refractivity contribution in [2.45, 2.75) is 25.7 Å². The summed E-state index contributed by atoms with van der Waals surface area (Å²) in [5.74, 6) is -0.856. The molecule has 6 heteroatoms. The maximum atomic E-state index is 11.6. The first-order valence-electron chi connectivity index (χ1n) is 7.63. The molecule has 1 aliphatic rings. The molecule has 116 valence electrons. The summed E-state index contributed by atoms with van der Waals surface area (Å²) in [7, 11) is 0. The number of nitrogens with zero attached hydrogens (tertiary/aromatic N) is 3. The summed E-state index contributed by atoms with van der Waals surface area (Å²) in [6, 6.07) is 7.70. The van der Waals surface area contributed by atoms with Crippen molar-refractivity contribution in [2.75, 3.05) is 5.73 Å². The summed E-state index contributed by atoms with van der Waals surface area (Å²) in [6.07, 6.45) is 6.23. The molecule has 0 saturated carbocycles. The van der Waals surface area contributed by atoms with Crippen molar-refractivity contribution in [3.8, 4) is 11.1 Å². The number of aryl methyl sites for hydroxylation is 2. The molecule has 0 fully saturated rings. The molecule has 2 aromatic heterocycles. The van der Waals surface area contributed by atoms with Crippen LogP contribution in [0, 0.1) is 0 Å². The lowest BCUT2D eigenvalue weighted by Crippen LogP contribution is -2.05. The smallest absolute Gasteiger partial charge is 0.336 e. The monoisotopic (exact) mass is 308 g/mol. The molecule has 0 radical (unpaired) electrons. The molecule has 1 aliphatic carbocycles. The Bertz CT molecular complexity index is 930. The van der Waals surface area contributed by atoms with Gasteiger partial charge in [0.1, 0.15) is 0 Å². The Morgan fingerprint density at radius 2 is 1.96 bits per heavy atom. The summed E-state index contributed by atoms with van der Waals surface area (Å²) in [6.45, 7) is 0. The van der Waals surface area contributed by atoms with Gasteiger partial charge in [-0.05, 0) is 48.4 Å². The maximum Gasteiger partial charge on any atom is 0.336 e. The van der Waals surface area contributed by atoms with Gasteiger partial charge in [-0.3, -0.25) is 0 Å². The standard InChI is InChI=1S/C17H16N4O2/c18-17-19-15-8-13(16(22)23)14(9-21(15)20-17)12-6-5-10-3-1-2-4-11(10)7-12/h5-9H,1-4H2,(H2,18,20)(H,22,23). The predicted molar refractivity (Wildman–Crippen MR) is 86.4 cm³/mol. The number of carboxylic acid groups (broad SMARTS) is 1. The minimum atomic E-state index is -0.984. The first-order valence-corrected chi connectivity index (χ1v) is 7.63. The van der Waals surface area contributed by atoms with E-state index in [0.717, 1.165) is 18.4 Å². The third kappa shape index (κ3) is 2.32. The van der Waals surface area contributed by atoms with Gasteiger partial charge in [-0.15, -0.1) is 5.10 Å². The first kappa shape index (κ1) is 13.8. The van der Waals surface area contributed by atoms with Crippen molar-refractivity contribution < 1.29 is 9.90 Å². The van der Waals surface area contributed by atoms with E-state index in [4.69, 9.17) is 5.73 Å². The van der Waals surface area contributed by atoms with Crippen LogP contribution in [-0.4, -0.2) is 25.7 Å². The fourth-order valence-corrected chi connectivity index (χ4v) is 3.25. The Balaban J connectivity index is 1.92. The summed E-state index contributed by atoms with van der Waals surface area (Å²) in [5.41, 5.74) is 10.4. The van der Waals surface area contributed by atoms with Crippen molar-refractivity contribution in [3.63, 3.8) is 0 Å². The zero-order valence-electron chi connectivity index (χ0n) is 12.5. The molecule has 0 unspecified atom stereocenters. The molecule has 0 saturated heterocycles. The highest BCUT2D eigenvalue weighted by atomic mass is 16.4. The number of aromatic nitrogens is 3. The Kier molecular flexibility index (Phi) is 3.04. The van der Waals surface area contributed by atoms with Gasteiger partial charge in [-0.25, -0.2) is 9.31 Å². The van der Waals surface area contributed by atoms with E-state index in [9.17, 15) is 9.90 Å². The molecule has 4 rings (SSSR count). The molecule has 0 amide bonds. The molecule has 6 nitrogen and oxygen atoms in total. The van der Waals surface area contributed by atoms with Crippen molar-refractivity contribution in [1.82, 2.24) is 14.6 Å². The highest BCUT2D eigenvalue weighted by Gasteiger charge is 2.17. The van der Waals surface area contributed by atoms with Gasteiger partial charge in [-0.2, -0.15) is 4.98 Å². The Hall–Kier alpha value is -2.89. The number of aromatic carboxylic acids is 1. The molecule has 0 aliphatic heterocycles. The number of benzene rings is 1. The molecular weight excluding hydrogens is 292 g/mol. The number of fused-ring (bicyclic) bond motifs is 2. The maximum absolute atomic E-state index is 11.6. The van der Waals surface area contributed by atoms with Crippen LogP contribution in [0.5, 0.6) is 0 Å². The van der Waals surface area contributed by atoms with Gasteiger partial charge in [0.05, 0.1) is 5.56 Å². The summed E-state index contributed by atoms with van der Waals surface area (Å²) < 4.78 is 1.52.